The van der Waals surface area contributed by atoms with Crippen molar-refractivity contribution >= 4 is 5.69 Å². The topological polar surface area (TPSA) is 49.5 Å². The summed E-state index contributed by atoms with van der Waals surface area (Å²) in [7, 11) is 0. The number of rotatable bonds is 4. The summed E-state index contributed by atoms with van der Waals surface area (Å²) in [5.74, 6) is 0. The number of anilines is 1. The zero-order chi connectivity index (χ0) is 13.2. The molecule has 0 saturated heterocycles. The van der Waals surface area contributed by atoms with Gasteiger partial charge in [-0.1, -0.05) is 18.9 Å². The van der Waals surface area contributed by atoms with E-state index >= 15 is 0 Å². The lowest BCUT2D eigenvalue weighted by Gasteiger charge is -2.34. The summed E-state index contributed by atoms with van der Waals surface area (Å²) in [5, 5.41) is 9.39. The lowest BCUT2D eigenvalue weighted by Crippen LogP contribution is -2.38. The normalized spacial score (nSPS) is 23.2. The zero-order valence-electron chi connectivity index (χ0n) is 11.5. The SMILES string of the molecule is Nc1ccc2c(c1)CCC2N(CCO)C1CCCC1. The van der Waals surface area contributed by atoms with Gasteiger partial charge >= 0.3 is 0 Å². The van der Waals surface area contributed by atoms with Crippen LogP contribution in [-0.2, 0) is 6.42 Å². The first-order valence-electron chi connectivity index (χ1n) is 7.54. The van der Waals surface area contributed by atoms with Crippen LogP contribution in [-0.4, -0.2) is 29.2 Å². The summed E-state index contributed by atoms with van der Waals surface area (Å²) >= 11 is 0. The number of fused-ring (bicyclic) bond motifs is 1. The van der Waals surface area contributed by atoms with E-state index in [9.17, 15) is 5.11 Å². The summed E-state index contributed by atoms with van der Waals surface area (Å²) in [5.41, 5.74) is 9.60. The van der Waals surface area contributed by atoms with E-state index in [1.165, 1.54) is 43.2 Å². The molecule has 19 heavy (non-hydrogen) atoms. The van der Waals surface area contributed by atoms with Crippen molar-refractivity contribution in [2.24, 2.45) is 0 Å². The molecule has 0 spiro atoms. The number of benzene rings is 1. The smallest absolute Gasteiger partial charge is 0.0558 e. The number of nitrogen functional groups attached to an aromatic ring is 1. The lowest BCUT2D eigenvalue weighted by molar-refractivity contribution is 0.104. The molecule has 0 radical (unpaired) electrons. The second-order valence-electron chi connectivity index (χ2n) is 5.91. The number of aliphatic hydroxyl groups excluding tert-OH is 1. The highest BCUT2D eigenvalue weighted by Gasteiger charge is 2.33. The monoisotopic (exact) mass is 260 g/mol. The molecule has 1 fully saturated rings. The van der Waals surface area contributed by atoms with E-state index in [0.717, 1.165) is 18.7 Å². The third-order valence-electron chi connectivity index (χ3n) is 4.77. The second kappa shape index (κ2) is 5.51. The largest absolute Gasteiger partial charge is 0.399 e. The van der Waals surface area contributed by atoms with Crippen LogP contribution in [0.5, 0.6) is 0 Å². The molecule has 0 heterocycles. The molecular formula is C16H24N2O. The van der Waals surface area contributed by atoms with Crippen LogP contribution >= 0.6 is 0 Å². The summed E-state index contributed by atoms with van der Waals surface area (Å²) in [6, 6.07) is 7.50. The molecule has 1 saturated carbocycles. The molecule has 1 atom stereocenters. The van der Waals surface area contributed by atoms with Crippen molar-refractivity contribution in [3.8, 4) is 0 Å². The van der Waals surface area contributed by atoms with Crippen LogP contribution in [0.4, 0.5) is 5.69 Å². The third kappa shape index (κ3) is 2.49. The predicted molar refractivity (Wildman–Crippen MR) is 78.0 cm³/mol. The van der Waals surface area contributed by atoms with Crippen LogP contribution in [0.1, 0.15) is 49.3 Å². The molecule has 3 nitrogen and oxygen atoms in total. The van der Waals surface area contributed by atoms with E-state index in [4.69, 9.17) is 5.73 Å². The number of hydrogen-bond donors (Lipinski definition) is 2. The number of nitrogens with zero attached hydrogens (tertiary/aromatic N) is 1. The Morgan fingerprint density at radius 2 is 2.00 bits per heavy atom. The van der Waals surface area contributed by atoms with Crippen molar-refractivity contribution in [1.82, 2.24) is 4.90 Å². The minimum absolute atomic E-state index is 0.261. The van der Waals surface area contributed by atoms with Crippen LogP contribution in [0.25, 0.3) is 0 Å². The van der Waals surface area contributed by atoms with Gasteiger partial charge in [0, 0.05) is 24.3 Å². The zero-order valence-corrected chi connectivity index (χ0v) is 11.5. The Labute approximate surface area is 115 Å². The number of aryl methyl sites for hydroxylation is 1. The molecule has 3 N–H and O–H groups in total. The first-order valence-corrected chi connectivity index (χ1v) is 7.54. The van der Waals surface area contributed by atoms with Crippen molar-refractivity contribution in [2.45, 2.75) is 50.6 Å². The number of hydrogen-bond acceptors (Lipinski definition) is 3. The Morgan fingerprint density at radius 3 is 2.74 bits per heavy atom. The minimum Gasteiger partial charge on any atom is -0.399 e. The molecule has 2 aliphatic rings. The van der Waals surface area contributed by atoms with Gasteiger partial charge in [0.05, 0.1) is 6.61 Å². The van der Waals surface area contributed by atoms with E-state index in [2.05, 4.69) is 17.0 Å². The highest BCUT2D eigenvalue weighted by atomic mass is 16.3. The maximum absolute atomic E-state index is 9.39. The number of aliphatic hydroxyl groups is 1. The van der Waals surface area contributed by atoms with Gasteiger partial charge in [0.25, 0.3) is 0 Å². The maximum Gasteiger partial charge on any atom is 0.0558 e. The van der Waals surface area contributed by atoms with Crippen LogP contribution in [0, 0.1) is 0 Å². The Bertz CT molecular complexity index is 440. The van der Waals surface area contributed by atoms with E-state index in [0.29, 0.717) is 12.1 Å². The molecular weight excluding hydrogens is 236 g/mol. The van der Waals surface area contributed by atoms with Gasteiger partial charge in [-0.05, 0) is 48.9 Å². The first-order chi connectivity index (χ1) is 9.29. The second-order valence-corrected chi connectivity index (χ2v) is 5.91. The average molecular weight is 260 g/mol. The standard InChI is InChI=1S/C16H24N2O/c17-13-6-7-15-12(11-13)5-8-16(15)18(9-10-19)14-3-1-2-4-14/h6-7,11,14,16,19H,1-5,8-10,17H2. The first kappa shape index (κ1) is 12.9. The average Bonchev–Trinajstić information content (AvgIpc) is 3.05. The van der Waals surface area contributed by atoms with Gasteiger partial charge in [0.1, 0.15) is 0 Å². The summed E-state index contributed by atoms with van der Waals surface area (Å²) < 4.78 is 0. The fourth-order valence-corrected chi connectivity index (χ4v) is 3.90. The Kier molecular flexibility index (Phi) is 3.76. The predicted octanol–water partition coefficient (Wildman–Crippen LogP) is 2.49. The summed E-state index contributed by atoms with van der Waals surface area (Å²) in [6.07, 6.45) is 7.57. The van der Waals surface area contributed by atoms with Crippen molar-refractivity contribution in [3.63, 3.8) is 0 Å². The van der Waals surface area contributed by atoms with Gasteiger partial charge in [0.2, 0.25) is 0 Å². The van der Waals surface area contributed by atoms with Crippen molar-refractivity contribution < 1.29 is 5.11 Å². The third-order valence-corrected chi connectivity index (χ3v) is 4.77. The van der Waals surface area contributed by atoms with Crippen molar-refractivity contribution in [1.29, 1.82) is 0 Å². The van der Waals surface area contributed by atoms with Crippen molar-refractivity contribution in [3.05, 3.63) is 29.3 Å². The lowest BCUT2D eigenvalue weighted by atomic mass is 10.0. The van der Waals surface area contributed by atoms with Crippen molar-refractivity contribution in [2.75, 3.05) is 18.9 Å². The van der Waals surface area contributed by atoms with Crippen LogP contribution in [0.2, 0.25) is 0 Å². The molecule has 2 aliphatic carbocycles. The molecule has 0 bridgehead atoms. The fourth-order valence-electron chi connectivity index (χ4n) is 3.90. The molecule has 3 heteroatoms. The van der Waals surface area contributed by atoms with Crippen LogP contribution < -0.4 is 5.73 Å². The molecule has 0 aliphatic heterocycles. The van der Waals surface area contributed by atoms with E-state index in [1.54, 1.807) is 0 Å². The van der Waals surface area contributed by atoms with Gasteiger partial charge in [-0.3, -0.25) is 4.90 Å². The molecule has 3 rings (SSSR count). The molecule has 0 aromatic heterocycles. The van der Waals surface area contributed by atoms with E-state index in [1.807, 2.05) is 6.07 Å². The Balaban J connectivity index is 1.84. The molecule has 0 amide bonds. The Morgan fingerprint density at radius 1 is 1.21 bits per heavy atom. The highest BCUT2D eigenvalue weighted by molar-refractivity contribution is 5.47. The van der Waals surface area contributed by atoms with Gasteiger partial charge in [-0.2, -0.15) is 0 Å². The van der Waals surface area contributed by atoms with E-state index in [-0.39, 0.29) is 6.61 Å². The van der Waals surface area contributed by atoms with Crippen LogP contribution in [0.15, 0.2) is 18.2 Å². The number of nitrogens with two attached hydrogens (primary N) is 1. The molecule has 104 valence electrons. The van der Waals surface area contributed by atoms with E-state index < -0.39 is 0 Å². The maximum atomic E-state index is 9.39. The summed E-state index contributed by atoms with van der Waals surface area (Å²) in [4.78, 5) is 2.55. The van der Waals surface area contributed by atoms with Gasteiger partial charge in [0.15, 0.2) is 0 Å². The molecule has 1 aromatic carbocycles. The minimum atomic E-state index is 0.261. The highest BCUT2D eigenvalue weighted by Crippen LogP contribution is 2.40. The van der Waals surface area contributed by atoms with Gasteiger partial charge in [-0.15, -0.1) is 0 Å². The van der Waals surface area contributed by atoms with Gasteiger partial charge < -0.3 is 10.8 Å². The summed E-state index contributed by atoms with van der Waals surface area (Å²) in [6.45, 7) is 1.07. The Hall–Kier alpha value is -1.06. The quantitative estimate of drug-likeness (QED) is 0.818. The van der Waals surface area contributed by atoms with Gasteiger partial charge in [-0.25, -0.2) is 0 Å². The fraction of sp³-hybridized carbons (Fsp3) is 0.625. The molecule has 1 unspecified atom stereocenters. The molecule has 1 aromatic rings. The van der Waals surface area contributed by atoms with Crippen LogP contribution in [0.3, 0.4) is 0 Å².